The predicted octanol–water partition coefficient (Wildman–Crippen LogP) is 6.24. The van der Waals surface area contributed by atoms with Crippen LogP contribution in [-0.2, 0) is 0 Å². The van der Waals surface area contributed by atoms with Crippen molar-refractivity contribution < 1.29 is 9.66 Å². The van der Waals surface area contributed by atoms with Crippen molar-refractivity contribution in [2.45, 2.75) is 13.8 Å². The van der Waals surface area contributed by atoms with Crippen molar-refractivity contribution in [3.05, 3.63) is 94.4 Å². The number of nitrogens with one attached hydrogen (secondary N) is 1. The number of benzene rings is 3. The normalized spacial score (nSPS) is 11.0. The van der Waals surface area contributed by atoms with Crippen molar-refractivity contribution in [1.82, 2.24) is 15.0 Å². The molecule has 0 saturated carbocycles. The maximum atomic E-state index is 11.2. The Labute approximate surface area is 189 Å². The number of pyridine rings is 1. The second kappa shape index (κ2) is 8.16. The summed E-state index contributed by atoms with van der Waals surface area (Å²) in [6, 6.07) is 20.0. The maximum absolute atomic E-state index is 11.2. The summed E-state index contributed by atoms with van der Waals surface area (Å²) in [5.74, 6) is 1.89. The van der Waals surface area contributed by atoms with Gasteiger partial charge in [-0.2, -0.15) is 0 Å². The number of rotatable bonds is 5. The van der Waals surface area contributed by atoms with Crippen LogP contribution in [0.2, 0.25) is 0 Å². The van der Waals surface area contributed by atoms with Crippen LogP contribution in [0.15, 0.2) is 73.1 Å². The van der Waals surface area contributed by atoms with E-state index in [0.29, 0.717) is 28.2 Å². The monoisotopic (exact) mass is 437 g/mol. The van der Waals surface area contributed by atoms with E-state index >= 15 is 0 Å². The molecule has 0 fully saturated rings. The Hall–Kier alpha value is -4.59. The van der Waals surface area contributed by atoms with Crippen LogP contribution in [-0.4, -0.2) is 19.9 Å². The Balaban J connectivity index is 1.45. The molecule has 0 radical (unpaired) electrons. The van der Waals surface area contributed by atoms with Crippen molar-refractivity contribution in [2.24, 2.45) is 0 Å². The van der Waals surface area contributed by atoms with Gasteiger partial charge in [0.2, 0.25) is 0 Å². The molecule has 8 heteroatoms. The quantitative estimate of drug-likeness (QED) is 0.256. The summed E-state index contributed by atoms with van der Waals surface area (Å²) in [5.41, 5.74) is 4.03. The molecule has 3 aromatic carbocycles. The van der Waals surface area contributed by atoms with Gasteiger partial charge in [-0.1, -0.05) is 18.2 Å². The first-order valence-corrected chi connectivity index (χ1v) is 10.3. The van der Waals surface area contributed by atoms with E-state index in [-0.39, 0.29) is 5.69 Å². The molecule has 0 atom stereocenters. The molecule has 33 heavy (non-hydrogen) atoms. The zero-order chi connectivity index (χ0) is 22.9. The average Bonchev–Trinajstić information content (AvgIpc) is 2.81. The van der Waals surface area contributed by atoms with Crippen LogP contribution in [0.5, 0.6) is 11.5 Å². The number of non-ortho nitro benzene ring substituents is 1. The summed E-state index contributed by atoms with van der Waals surface area (Å²) in [5, 5.41) is 16.0. The summed E-state index contributed by atoms with van der Waals surface area (Å²) >= 11 is 0. The molecule has 0 aliphatic heterocycles. The molecule has 0 spiro atoms. The van der Waals surface area contributed by atoms with Crippen molar-refractivity contribution in [3.63, 3.8) is 0 Å². The zero-order valence-corrected chi connectivity index (χ0v) is 17.9. The average molecular weight is 437 g/mol. The van der Waals surface area contributed by atoms with E-state index in [0.717, 1.165) is 27.8 Å². The number of nitrogens with zero attached hydrogens (tertiary/aromatic N) is 4. The molecule has 0 bridgehead atoms. The lowest BCUT2D eigenvalue weighted by atomic mass is 10.1. The molecular formula is C25H19N5O3. The van der Waals surface area contributed by atoms with Crippen LogP contribution in [0.4, 0.5) is 17.2 Å². The van der Waals surface area contributed by atoms with Crippen molar-refractivity contribution >= 4 is 39.0 Å². The Morgan fingerprint density at radius 1 is 0.939 bits per heavy atom. The lowest BCUT2D eigenvalue weighted by Gasteiger charge is -2.13. The number of aryl methyl sites for hydroxylation is 2. The third-order valence-corrected chi connectivity index (χ3v) is 5.31. The molecule has 0 saturated heterocycles. The Morgan fingerprint density at radius 3 is 2.64 bits per heavy atom. The number of ether oxygens (including phenoxy) is 1. The van der Waals surface area contributed by atoms with E-state index in [9.17, 15) is 10.1 Å². The summed E-state index contributed by atoms with van der Waals surface area (Å²) in [4.78, 5) is 23.8. The first kappa shape index (κ1) is 20.3. The minimum atomic E-state index is -0.434. The number of para-hydroxylation sites is 1. The number of anilines is 2. The standard InChI is InChI=1S/C25H19N5O3/c1-15-12-18(29-25-20-13-19(30(31)32)9-10-21(20)26-14-27-25)8-11-22(15)33-23-5-3-4-17-7-6-16(2)28-24(17)23/h3-14H,1-2H3,(H,26,27,29). The molecule has 5 aromatic rings. The van der Waals surface area contributed by atoms with Crippen molar-refractivity contribution in [1.29, 1.82) is 0 Å². The van der Waals surface area contributed by atoms with E-state index in [1.165, 1.54) is 18.5 Å². The van der Waals surface area contributed by atoms with Crippen LogP contribution >= 0.6 is 0 Å². The molecule has 8 nitrogen and oxygen atoms in total. The molecule has 0 unspecified atom stereocenters. The van der Waals surface area contributed by atoms with Gasteiger partial charge in [0.05, 0.1) is 10.4 Å². The van der Waals surface area contributed by atoms with Gasteiger partial charge in [-0.05, 0) is 55.8 Å². The minimum absolute atomic E-state index is 0.0146. The summed E-state index contributed by atoms with van der Waals surface area (Å²) in [6.45, 7) is 3.90. The lowest BCUT2D eigenvalue weighted by Crippen LogP contribution is -1.98. The summed E-state index contributed by atoms with van der Waals surface area (Å²) < 4.78 is 6.20. The Morgan fingerprint density at radius 2 is 1.82 bits per heavy atom. The molecule has 5 rings (SSSR count). The van der Waals surface area contributed by atoms with Crippen LogP contribution in [0.1, 0.15) is 11.3 Å². The van der Waals surface area contributed by atoms with Gasteiger partial charge in [-0.15, -0.1) is 0 Å². The molecule has 0 amide bonds. The van der Waals surface area contributed by atoms with Crippen molar-refractivity contribution in [2.75, 3.05) is 5.32 Å². The third-order valence-electron chi connectivity index (χ3n) is 5.31. The highest BCUT2D eigenvalue weighted by Crippen LogP contribution is 2.33. The first-order chi connectivity index (χ1) is 16.0. The highest BCUT2D eigenvalue weighted by Gasteiger charge is 2.12. The molecule has 0 aliphatic rings. The number of hydrogen-bond acceptors (Lipinski definition) is 7. The van der Waals surface area contributed by atoms with Gasteiger partial charge in [0, 0.05) is 34.3 Å². The smallest absolute Gasteiger partial charge is 0.270 e. The second-order valence-electron chi connectivity index (χ2n) is 7.67. The molecular weight excluding hydrogens is 418 g/mol. The number of hydrogen-bond donors (Lipinski definition) is 1. The number of nitro benzene ring substituents is 1. The SMILES string of the molecule is Cc1ccc2cccc(Oc3ccc(Nc4ncnc5ccc([N+](=O)[O-])cc45)cc3C)c2n1. The second-order valence-corrected chi connectivity index (χ2v) is 7.67. The van der Waals surface area contributed by atoms with E-state index in [4.69, 9.17) is 4.74 Å². The van der Waals surface area contributed by atoms with E-state index in [1.54, 1.807) is 6.07 Å². The number of nitro groups is 1. The van der Waals surface area contributed by atoms with Gasteiger partial charge in [0.25, 0.3) is 5.69 Å². The van der Waals surface area contributed by atoms with Crippen LogP contribution in [0, 0.1) is 24.0 Å². The van der Waals surface area contributed by atoms with Gasteiger partial charge in [-0.25, -0.2) is 15.0 Å². The topological polar surface area (TPSA) is 103 Å². The highest BCUT2D eigenvalue weighted by atomic mass is 16.6. The molecule has 2 aromatic heterocycles. The molecule has 2 heterocycles. The van der Waals surface area contributed by atoms with Crippen LogP contribution < -0.4 is 10.1 Å². The van der Waals surface area contributed by atoms with Crippen LogP contribution in [0.25, 0.3) is 21.8 Å². The largest absolute Gasteiger partial charge is 0.455 e. The van der Waals surface area contributed by atoms with Crippen molar-refractivity contribution in [3.8, 4) is 11.5 Å². The number of aromatic nitrogens is 3. The molecule has 1 N–H and O–H groups in total. The fourth-order valence-electron chi connectivity index (χ4n) is 3.65. The summed E-state index contributed by atoms with van der Waals surface area (Å²) in [6.07, 6.45) is 1.43. The van der Waals surface area contributed by atoms with Gasteiger partial charge in [0.15, 0.2) is 5.75 Å². The van der Waals surface area contributed by atoms with Gasteiger partial charge in [-0.3, -0.25) is 10.1 Å². The van der Waals surface area contributed by atoms with E-state index in [2.05, 4.69) is 20.3 Å². The molecule has 162 valence electrons. The van der Waals surface area contributed by atoms with Gasteiger partial charge < -0.3 is 10.1 Å². The maximum Gasteiger partial charge on any atom is 0.270 e. The Bertz CT molecular complexity index is 1530. The minimum Gasteiger partial charge on any atom is -0.455 e. The highest BCUT2D eigenvalue weighted by molar-refractivity contribution is 5.92. The predicted molar refractivity (Wildman–Crippen MR) is 127 cm³/mol. The number of fused-ring (bicyclic) bond motifs is 2. The van der Waals surface area contributed by atoms with Gasteiger partial charge in [0.1, 0.15) is 23.4 Å². The lowest BCUT2D eigenvalue weighted by molar-refractivity contribution is -0.384. The fraction of sp³-hybridized carbons (Fsp3) is 0.0800. The fourth-order valence-corrected chi connectivity index (χ4v) is 3.65. The summed E-state index contributed by atoms with van der Waals surface area (Å²) in [7, 11) is 0. The van der Waals surface area contributed by atoms with Crippen LogP contribution in [0.3, 0.4) is 0 Å². The van der Waals surface area contributed by atoms with Gasteiger partial charge >= 0.3 is 0 Å². The molecule has 0 aliphatic carbocycles. The Kier molecular flexibility index (Phi) is 5.02. The van der Waals surface area contributed by atoms with E-state index < -0.39 is 4.92 Å². The van der Waals surface area contributed by atoms with E-state index in [1.807, 2.05) is 62.4 Å². The zero-order valence-electron chi connectivity index (χ0n) is 17.9. The first-order valence-electron chi connectivity index (χ1n) is 10.3. The third kappa shape index (κ3) is 4.01.